The Morgan fingerprint density at radius 1 is 0.926 bits per heavy atom. The van der Waals surface area contributed by atoms with E-state index in [9.17, 15) is 4.79 Å². The Balaban J connectivity index is 1.40. The summed E-state index contributed by atoms with van der Waals surface area (Å²) in [5.74, 6) is 0.675. The van der Waals surface area contributed by atoms with Gasteiger partial charge >= 0.3 is 0 Å². The number of para-hydroxylation sites is 1. The summed E-state index contributed by atoms with van der Waals surface area (Å²) in [6, 6.07) is 20.3. The van der Waals surface area contributed by atoms with Gasteiger partial charge in [0, 0.05) is 24.2 Å². The van der Waals surface area contributed by atoms with Crippen LogP contribution in [0.25, 0.3) is 21.9 Å². The van der Waals surface area contributed by atoms with Crippen molar-refractivity contribution in [2.45, 2.75) is 6.54 Å². The molecular formula is C22H18ClNO3. The largest absolute Gasteiger partial charge is 0.492 e. The molecule has 136 valence electrons. The van der Waals surface area contributed by atoms with Crippen molar-refractivity contribution >= 4 is 33.5 Å². The number of rotatable bonds is 6. The van der Waals surface area contributed by atoms with Gasteiger partial charge in [-0.05, 0) is 42.0 Å². The van der Waals surface area contributed by atoms with E-state index in [2.05, 4.69) is 5.32 Å². The molecule has 0 aliphatic carbocycles. The minimum Gasteiger partial charge on any atom is -0.492 e. The zero-order valence-corrected chi connectivity index (χ0v) is 15.3. The van der Waals surface area contributed by atoms with Crippen LogP contribution in [0, 0.1) is 0 Å². The first-order chi connectivity index (χ1) is 13.2. The number of hydrogen-bond acceptors (Lipinski definition) is 4. The van der Waals surface area contributed by atoms with Crippen LogP contribution in [-0.4, -0.2) is 13.2 Å². The van der Waals surface area contributed by atoms with E-state index in [1.807, 2.05) is 36.4 Å². The molecule has 0 radical (unpaired) electrons. The van der Waals surface area contributed by atoms with Crippen LogP contribution in [0.5, 0.6) is 5.75 Å². The molecule has 27 heavy (non-hydrogen) atoms. The highest BCUT2D eigenvalue weighted by molar-refractivity contribution is 6.30. The second-order valence-corrected chi connectivity index (χ2v) is 6.67. The molecule has 0 amide bonds. The molecule has 5 heteroatoms. The van der Waals surface area contributed by atoms with E-state index in [4.69, 9.17) is 20.8 Å². The minimum atomic E-state index is -0.0250. The summed E-state index contributed by atoms with van der Waals surface area (Å²) >= 11 is 5.88. The molecule has 0 aliphatic rings. The van der Waals surface area contributed by atoms with Gasteiger partial charge in [-0.1, -0.05) is 35.9 Å². The minimum absolute atomic E-state index is 0.0250. The summed E-state index contributed by atoms with van der Waals surface area (Å²) < 4.78 is 11.6. The second kappa shape index (κ2) is 7.82. The highest BCUT2D eigenvalue weighted by Gasteiger charge is 2.08. The Labute approximate surface area is 161 Å². The van der Waals surface area contributed by atoms with Crippen LogP contribution in [0.4, 0.5) is 0 Å². The van der Waals surface area contributed by atoms with E-state index in [1.165, 1.54) is 5.56 Å². The quantitative estimate of drug-likeness (QED) is 0.387. The predicted molar refractivity (Wildman–Crippen MR) is 109 cm³/mol. The van der Waals surface area contributed by atoms with Gasteiger partial charge in [-0.2, -0.15) is 0 Å². The summed E-state index contributed by atoms with van der Waals surface area (Å²) in [5, 5.41) is 5.20. The molecule has 0 fully saturated rings. The second-order valence-electron chi connectivity index (χ2n) is 6.24. The molecule has 0 saturated heterocycles. The van der Waals surface area contributed by atoms with Crippen LogP contribution in [0.2, 0.25) is 5.02 Å². The van der Waals surface area contributed by atoms with Gasteiger partial charge in [-0.15, -0.1) is 0 Å². The standard InChI is InChI=1S/C22H18ClNO3/c23-16-7-5-15(6-8-16)14-24-11-12-26-17-9-10-19-21(13-17)27-20-4-2-1-3-18(20)22(19)25/h1-10,13,24H,11-12,14H2. The summed E-state index contributed by atoms with van der Waals surface area (Å²) in [7, 11) is 0. The van der Waals surface area contributed by atoms with Crippen molar-refractivity contribution in [3.63, 3.8) is 0 Å². The van der Waals surface area contributed by atoms with Gasteiger partial charge in [-0.25, -0.2) is 0 Å². The summed E-state index contributed by atoms with van der Waals surface area (Å²) in [6.07, 6.45) is 0. The number of benzene rings is 3. The SMILES string of the molecule is O=c1c2ccccc2oc2cc(OCCNCc3ccc(Cl)cc3)ccc12. The van der Waals surface area contributed by atoms with Crippen LogP contribution < -0.4 is 15.5 Å². The molecule has 0 bridgehead atoms. The number of hydrogen-bond donors (Lipinski definition) is 1. The molecule has 0 aliphatic heterocycles. The van der Waals surface area contributed by atoms with E-state index in [-0.39, 0.29) is 5.43 Å². The van der Waals surface area contributed by atoms with Crippen LogP contribution in [0.1, 0.15) is 5.56 Å². The molecule has 4 nitrogen and oxygen atoms in total. The van der Waals surface area contributed by atoms with Gasteiger partial charge in [0.15, 0.2) is 0 Å². The van der Waals surface area contributed by atoms with Gasteiger partial charge < -0.3 is 14.5 Å². The first-order valence-electron chi connectivity index (χ1n) is 8.74. The van der Waals surface area contributed by atoms with E-state index in [1.54, 1.807) is 30.3 Å². The number of ether oxygens (including phenoxy) is 1. The van der Waals surface area contributed by atoms with Gasteiger partial charge in [0.25, 0.3) is 0 Å². The third-order valence-electron chi connectivity index (χ3n) is 4.34. The monoisotopic (exact) mass is 379 g/mol. The van der Waals surface area contributed by atoms with E-state index in [0.717, 1.165) is 11.6 Å². The molecule has 4 rings (SSSR count). The van der Waals surface area contributed by atoms with Crippen molar-refractivity contribution < 1.29 is 9.15 Å². The Hall–Kier alpha value is -2.82. The number of nitrogens with one attached hydrogen (secondary N) is 1. The van der Waals surface area contributed by atoms with Crippen molar-refractivity contribution in [1.29, 1.82) is 0 Å². The Morgan fingerprint density at radius 3 is 2.56 bits per heavy atom. The lowest BCUT2D eigenvalue weighted by molar-refractivity contribution is 0.313. The molecule has 0 spiro atoms. The normalized spacial score (nSPS) is 11.1. The van der Waals surface area contributed by atoms with Crippen LogP contribution >= 0.6 is 11.6 Å². The van der Waals surface area contributed by atoms with Crippen LogP contribution in [-0.2, 0) is 6.54 Å². The van der Waals surface area contributed by atoms with E-state index >= 15 is 0 Å². The Kier molecular flexibility index (Phi) is 5.10. The maximum Gasteiger partial charge on any atom is 0.200 e. The van der Waals surface area contributed by atoms with Crippen LogP contribution in [0.15, 0.2) is 75.9 Å². The maximum atomic E-state index is 12.5. The third kappa shape index (κ3) is 3.97. The number of fused-ring (bicyclic) bond motifs is 2. The average molecular weight is 380 g/mol. The summed E-state index contributed by atoms with van der Waals surface area (Å²) in [6.45, 7) is 1.96. The van der Waals surface area contributed by atoms with Gasteiger partial charge in [0.1, 0.15) is 23.5 Å². The zero-order chi connectivity index (χ0) is 18.6. The summed E-state index contributed by atoms with van der Waals surface area (Å²) in [5.41, 5.74) is 2.25. The first-order valence-corrected chi connectivity index (χ1v) is 9.12. The van der Waals surface area contributed by atoms with Crippen molar-refractivity contribution in [3.8, 4) is 5.75 Å². The van der Waals surface area contributed by atoms with Crippen molar-refractivity contribution in [3.05, 3.63) is 87.5 Å². The predicted octanol–water partition coefficient (Wildman–Crippen LogP) is 4.77. The van der Waals surface area contributed by atoms with E-state index < -0.39 is 0 Å². The van der Waals surface area contributed by atoms with Crippen LogP contribution in [0.3, 0.4) is 0 Å². The summed E-state index contributed by atoms with van der Waals surface area (Å²) in [4.78, 5) is 12.5. The Bertz CT molecular complexity index is 1140. The molecular weight excluding hydrogens is 362 g/mol. The molecule has 1 heterocycles. The van der Waals surface area contributed by atoms with Crippen molar-refractivity contribution in [1.82, 2.24) is 5.32 Å². The highest BCUT2D eigenvalue weighted by atomic mass is 35.5. The smallest absolute Gasteiger partial charge is 0.200 e. The maximum absolute atomic E-state index is 12.5. The molecule has 0 unspecified atom stereocenters. The fourth-order valence-electron chi connectivity index (χ4n) is 2.95. The Morgan fingerprint density at radius 2 is 1.70 bits per heavy atom. The van der Waals surface area contributed by atoms with Gasteiger partial charge in [0.2, 0.25) is 5.43 Å². The fraction of sp³-hybridized carbons (Fsp3) is 0.136. The van der Waals surface area contributed by atoms with Gasteiger partial charge in [0.05, 0.1) is 10.8 Å². The van der Waals surface area contributed by atoms with Crippen molar-refractivity contribution in [2.75, 3.05) is 13.2 Å². The molecule has 1 aromatic heterocycles. The average Bonchev–Trinajstić information content (AvgIpc) is 2.69. The molecule has 0 atom stereocenters. The topological polar surface area (TPSA) is 51.5 Å². The molecule has 4 aromatic rings. The van der Waals surface area contributed by atoms with Gasteiger partial charge in [-0.3, -0.25) is 4.79 Å². The van der Waals surface area contributed by atoms with E-state index in [0.29, 0.717) is 40.8 Å². The fourth-order valence-corrected chi connectivity index (χ4v) is 3.07. The third-order valence-corrected chi connectivity index (χ3v) is 4.59. The highest BCUT2D eigenvalue weighted by Crippen LogP contribution is 2.22. The first kappa shape index (κ1) is 17.6. The lowest BCUT2D eigenvalue weighted by Crippen LogP contribution is -2.20. The van der Waals surface area contributed by atoms with Crippen molar-refractivity contribution in [2.24, 2.45) is 0 Å². The lowest BCUT2D eigenvalue weighted by Gasteiger charge is -2.09. The zero-order valence-electron chi connectivity index (χ0n) is 14.6. The lowest BCUT2D eigenvalue weighted by atomic mass is 10.1. The molecule has 0 saturated carbocycles. The number of halogens is 1. The molecule has 3 aromatic carbocycles. The molecule has 1 N–H and O–H groups in total.